The summed E-state index contributed by atoms with van der Waals surface area (Å²) in [5.74, 6) is -0.0178. The molecule has 2 N–H and O–H groups in total. The van der Waals surface area contributed by atoms with E-state index >= 15 is 0 Å². The van der Waals surface area contributed by atoms with Crippen LogP contribution in [0.3, 0.4) is 0 Å². The molecule has 2 amide bonds. The molecule has 4 aromatic rings. The number of hydrogen-bond donors (Lipinski definition) is 2. The molecule has 1 saturated heterocycles. The van der Waals surface area contributed by atoms with Crippen LogP contribution in [0.5, 0.6) is 11.9 Å². The van der Waals surface area contributed by atoms with Crippen molar-refractivity contribution in [2.24, 2.45) is 0 Å². The molecular weight excluding hydrogens is 619 g/mol. The van der Waals surface area contributed by atoms with Crippen LogP contribution in [-0.4, -0.2) is 74.4 Å². The number of ether oxygens (including phenoxy) is 3. The fraction of sp³-hybridized carbons (Fsp3) is 0.387. The highest BCUT2D eigenvalue weighted by molar-refractivity contribution is 5.91. The van der Waals surface area contributed by atoms with E-state index in [0.717, 1.165) is 17.3 Å². The summed E-state index contributed by atoms with van der Waals surface area (Å²) in [6.07, 6.45) is 4.55. The lowest BCUT2D eigenvalue weighted by Crippen LogP contribution is -2.49. The smallest absolute Gasteiger partial charge is 0.423 e. The summed E-state index contributed by atoms with van der Waals surface area (Å²) in [5, 5.41) is 6.11. The van der Waals surface area contributed by atoms with Gasteiger partial charge in [0.15, 0.2) is 0 Å². The highest BCUT2D eigenvalue weighted by atomic mass is 19.4. The van der Waals surface area contributed by atoms with Gasteiger partial charge >= 0.3 is 18.2 Å². The highest BCUT2D eigenvalue weighted by Crippen LogP contribution is 2.36. The molecule has 0 unspecified atom stereocenters. The lowest BCUT2D eigenvalue weighted by molar-refractivity contribution is -0.142. The fourth-order valence-corrected chi connectivity index (χ4v) is 5.30. The highest BCUT2D eigenvalue weighted by Gasteiger charge is 2.38. The molecule has 1 saturated carbocycles. The van der Waals surface area contributed by atoms with E-state index in [1.165, 1.54) is 7.11 Å². The minimum atomic E-state index is -4.66. The first kappa shape index (κ1) is 31.8. The van der Waals surface area contributed by atoms with Crippen LogP contribution in [0.15, 0.2) is 61.3 Å². The average molecular weight is 652 g/mol. The van der Waals surface area contributed by atoms with E-state index in [-0.39, 0.29) is 49.8 Å². The molecule has 2 aliphatic rings. The first-order valence-corrected chi connectivity index (χ1v) is 15.0. The Balaban J connectivity index is 1.15. The van der Waals surface area contributed by atoms with Crippen molar-refractivity contribution in [1.29, 1.82) is 0 Å². The monoisotopic (exact) mass is 651 g/mol. The van der Waals surface area contributed by atoms with Gasteiger partial charge in [-0.3, -0.25) is 9.88 Å². The van der Waals surface area contributed by atoms with E-state index in [0.29, 0.717) is 37.2 Å². The maximum Gasteiger partial charge on any atom is 0.423 e. The number of urea groups is 1. The second kappa shape index (κ2) is 14.1. The van der Waals surface area contributed by atoms with Gasteiger partial charge in [0, 0.05) is 54.2 Å². The van der Waals surface area contributed by atoms with Crippen molar-refractivity contribution in [3.05, 3.63) is 72.6 Å². The zero-order valence-electron chi connectivity index (χ0n) is 25.4. The van der Waals surface area contributed by atoms with Gasteiger partial charge in [0.1, 0.15) is 17.5 Å². The van der Waals surface area contributed by atoms with Gasteiger partial charge in [-0.1, -0.05) is 6.07 Å². The number of methoxy groups -OCH3 is 1. The molecule has 0 radical (unpaired) electrons. The molecule has 4 aromatic heterocycles. The Labute approximate surface area is 268 Å². The van der Waals surface area contributed by atoms with Crippen molar-refractivity contribution >= 4 is 17.8 Å². The van der Waals surface area contributed by atoms with Crippen LogP contribution in [0.25, 0.3) is 11.1 Å². The number of rotatable bonds is 10. The molecule has 0 atom stereocenters. The second-order valence-electron chi connectivity index (χ2n) is 11.1. The van der Waals surface area contributed by atoms with Gasteiger partial charge in [0.05, 0.1) is 32.6 Å². The van der Waals surface area contributed by atoms with Gasteiger partial charge in [-0.2, -0.15) is 18.2 Å². The van der Waals surface area contributed by atoms with Crippen LogP contribution < -0.4 is 25.0 Å². The molecule has 0 aromatic carbocycles. The third kappa shape index (κ3) is 7.82. The van der Waals surface area contributed by atoms with E-state index in [1.807, 2.05) is 18.2 Å². The number of alkyl halides is 3. The van der Waals surface area contributed by atoms with Crippen molar-refractivity contribution < 1.29 is 32.2 Å². The van der Waals surface area contributed by atoms with E-state index in [4.69, 9.17) is 14.2 Å². The summed E-state index contributed by atoms with van der Waals surface area (Å²) in [7, 11) is 1.49. The Morgan fingerprint density at radius 1 is 0.957 bits per heavy atom. The molecule has 16 heteroatoms. The van der Waals surface area contributed by atoms with E-state index in [1.54, 1.807) is 41.8 Å². The minimum absolute atomic E-state index is 0.0430. The Morgan fingerprint density at radius 3 is 2.34 bits per heavy atom. The zero-order chi connectivity index (χ0) is 32.8. The molecule has 5 heterocycles. The number of carbonyl (C=O) groups is 1. The predicted molar refractivity (Wildman–Crippen MR) is 163 cm³/mol. The van der Waals surface area contributed by atoms with Crippen LogP contribution in [0.2, 0.25) is 0 Å². The Bertz CT molecular complexity index is 1640. The molecule has 246 valence electrons. The third-order valence-corrected chi connectivity index (χ3v) is 7.84. The zero-order valence-corrected chi connectivity index (χ0v) is 25.4. The summed E-state index contributed by atoms with van der Waals surface area (Å²) in [4.78, 5) is 40.5. The van der Waals surface area contributed by atoms with Crippen molar-refractivity contribution in [3.63, 3.8) is 0 Å². The van der Waals surface area contributed by atoms with Crippen LogP contribution in [0, 0.1) is 0 Å². The van der Waals surface area contributed by atoms with Crippen molar-refractivity contribution in [2.45, 2.75) is 56.6 Å². The predicted octanol–water partition coefficient (Wildman–Crippen LogP) is 4.67. The van der Waals surface area contributed by atoms with Crippen LogP contribution in [0.4, 0.5) is 29.7 Å². The number of nitrogens with one attached hydrogen (secondary N) is 2. The number of anilines is 2. The number of pyridine rings is 2. The van der Waals surface area contributed by atoms with Gasteiger partial charge in [-0.15, -0.1) is 0 Å². The molecule has 2 fully saturated rings. The number of aromatic nitrogens is 6. The quantitative estimate of drug-likeness (QED) is 0.246. The van der Waals surface area contributed by atoms with Crippen LogP contribution in [-0.2, 0) is 17.5 Å². The lowest BCUT2D eigenvalue weighted by Gasteiger charge is -2.36. The molecule has 0 bridgehead atoms. The minimum Gasteiger partial charge on any atom is -0.469 e. The summed E-state index contributed by atoms with van der Waals surface area (Å²) in [6.45, 7) is 0.637. The SMILES string of the molecule is COc1ncc(-c2ccc(N(C(=O)NCc3ccccn3)[C@H]3CC[C@H](Nc4ncc(C(F)(F)F)c(OC5COC5)n4)CC3)nc2)cn1. The first-order chi connectivity index (χ1) is 22.8. The Kier molecular flexibility index (Phi) is 9.56. The van der Waals surface area contributed by atoms with E-state index in [2.05, 4.69) is 40.5 Å². The maximum absolute atomic E-state index is 13.6. The molecule has 6 rings (SSSR count). The van der Waals surface area contributed by atoms with Crippen molar-refractivity contribution in [3.8, 4) is 23.0 Å². The molecule has 1 aliphatic carbocycles. The lowest BCUT2D eigenvalue weighted by atomic mass is 9.90. The molecule has 13 nitrogen and oxygen atoms in total. The molecular formula is C31H32F3N9O4. The molecule has 47 heavy (non-hydrogen) atoms. The van der Waals surface area contributed by atoms with Gasteiger partial charge in [0.2, 0.25) is 11.8 Å². The number of nitrogens with zero attached hydrogens (tertiary/aromatic N) is 7. The van der Waals surface area contributed by atoms with E-state index < -0.39 is 23.7 Å². The molecule has 1 aliphatic heterocycles. The normalized spacial score (nSPS) is 18.1. The summed E-state index contributed by atoms with van der Waals surface area (Å²) in [6, 6.07) is 8.68. The van der Waals surface area contributed by atoms with Gasteiger partial charge in [-0.05, 0) is 49.9 Å². The number of hydrogen-bond acceptors (Lipinski definition) is 11. The number of carbonyl (C=O) groups excluding carboxylic acids is 1. The van der Waals surface area contributed by atoms with Gasteiger partial charge < -0.3 is 24.8 Å². The standard InChI is InChI=1S/C31H32F3N9O4/c1-45-29-38-13-20(14-39-29)19-5-10-26(36-12-19)43(30(44)40-15-22-4-2-3-11-35-22)23-8-6-21(7-9-23)41-28-37-16-25(31(32,33)34)27(42-28)47-24-17-46-18-24/h2-5,10-14,16,21,23-24H,6-9,15,17-18H2,1H3,(H,40,44)(H,37,41,42)/t21-,23-. The Morgan fingerprint density at radius 2 is 1.72 bits per heavy atom. The van der Waals surface area contributed by atoms with Gasteiger partial charge in [-0.25, -0.2) is 24.7 Å². The summed E-state index contributed by atoms with van der Waals surface area (Å²) < 4.78 is 56.2. The average Bonchev–Trinajstić information content (AvgIpc) is 3.07. The van der Waals surface area contributed by atoms with Crippen molar-refractivity contribution in [1.82, 2.24) is 35.2 Å². The fourth-order valence-electron chi connectivity index (χ4n) is 5.30. The second-order valence-corrected chi connectivity index (χ2v) is 11.1. The summed E-state index contributed by atoms with van der Waals surface area (Å²) in [5.41, 5.74) is 1.18. The number of halogens is 3. The van der Waals surface area contributed by atoms with Crippen molar-refractivity contribution in [2.75, 3.05) is 30.5 Å². The molecule has 0 spiro atoms. The maximum atomic E-state index is 13.6. The topological polar surface area (TPSA) is 149 Å². The largest absolute Gasteiger partial charge is 0.469 e. The van der Waals surface area contributed by atoms with E-state index in [9.17, 15) is 18.0 Å². The van der Waals surface area contributed by atoms with Crippen LogP contribution >= 0.6 is 0 Å². The Hall–Kier alpha value is -5.12. The number of amides is 2. The third-order valence-electron chi connectivity index (χ3n) is 7.84. The first-order valence-electron chi connectivity index (χ1n) is 15.0. The summed E-state index contributed by atoms with van der Waals surface area (Å²) >= 11 is 0. The van der Waals surface area contributed by atoms with Gasteiger partial charge in [0.25, 0.3) is 0 Å². The van der Waals surface area contributed by atoms with Crippen LogP contribution in [0.1, 0.15) is 36.9 Å².